The molecule has 8 nitrogen and oxygen atoms in total. The van der Waals surface area contributed by atoms with E-state index in [1.165, 1.54) is 17.5 Å². The highest BCUT2D eigenvalue weighted by Crippen LogP contribution is 2.62. The van der Waals surface area contributed by atoms with Gasteiger partial charge in [-0.25, -0.2) is 9.80 Å². The summed E-state index contributed by atoms with van der Waals surface area (Å²) in [6, 6.07) is 4.47. The van der Waals surface area contributed by atoms with Crippen LogP contribution >= 0.6 is 0 Å². The second-order valence-corrected chi connectivity index (χ2v) is 11.9. The maximum atomic E-state index is 13.0. The lowest BCUT2D eigenvalue weighted by Crippen LogP contribution is -2.62. The Morgan fingerprint density at radius 2 is 2.00 bits per heavy atom. The van der Waals surface area contributed by atoms with Crippen LogP contribution in [0.1, 0.15) is 63.5 Å². The predicted molar refractivity (Wildman–Crippen MR) is 136 cm³/mol. The van der Waals surface area contributed by atoms with Crippen molar-refractivity contribution in [1.29, 1.82) is 0 Å². The minimum absolute atomic E-state index is 0.0312. The summed E-state index contributed by atoms with van der Waals surface area (Å²) in [6.07, 6.45) is 10.7. The summed E-state index contributed by atoms with van der Waals surface area (Å²) in [4.78, 5) is 28.1. The van der Waals surface area contributed by atoms with E-state index in [4.69, 9.17) is 9.47 Å². The molecule has 2 aliphatic carbocycles. The van der Waals surface area contributed by atoms with Gasteiger partial charge in [-0.15, -0.1) is 0 Å². The minimum atomic E-state index is -0.755. The zero-order valence-electron chi connectivity index (χ0n) is 21.6. The highest BCUT2D eigenvalue weighted by Gasteiger charge is 2.62. The third-order valence-corrected chi connectivity index (χ3v) is 8.97. The maximum Gasteiger partial charge on any atom is 0.413 e. The molecule has 0 saturated carbocycles. The van der Waals surface area contributed by atoms with Crippen molar-refractivity contribution in [3.63, 3.8) is 0 Å². The molecule has 2 fully saturated rings. The molecule has 1 aromatic carbocycles. The number of nitrogens with zero attached hydrogens (tertiary/aromatic N) is 2. The smallest absolute Gasteiger partial charge is 0.413 e. The van der Waals surface area contributed by atoms with Crippen molar-refractivity contribution < 1.29 is 19.1 Å². The number of likely N-dealkylation sites (tertiary alicyclic amines) is 1. The number of likely N-dealkylation sites (N-methyl/N-ethyl adjacent to an activating group) is 1. The van der Waals surface area contributed by atoms with Crippen LogP contribution in [-0.2, 0) is 16.6 Å². The molecule has 2 amide bonds. The number of hydrogen-bond acceptors (Lipinski definition) is 6. The fourth-order valence-electron chi connectivity index (χ4n) is 7.35. The van der Waals surface area contributed by atoms with Crippen molar-refractivity contribution in [3.8, 4) is 11.5 Å². The number of ether oxygens (including phenoxy) is 2. The molecule has 2 N–H and O–H groups in total. The Morgan fingerprint density at radius 3 is 2.81 bits per heavy atom. The van der Waals surface area contributed by atoms with E-state index in [0.29, 0.717) is 17.7 Å². The Bertz CT molecular complexity index is 1100. The maximum absolute atomic E-state index is 13.0. The predicted octanol–water partition coefficient (Wildman–Crippen LogP) is 3.30. The average Bonchev–Trinajstić information content (AvgIpc) is 3.17. The summed E-state index contributed by atoms with van der Waals surface area (Å²) in [7, 11) is 2.23. The Balaban J connectivity index is 1.17. The molecule has 3 heterocycles. The molecule has 6 rings (SSSR count). The number of carbonyl (C=O) groups excluding carboxylic acids is 2. The number of amides is 2. The lowest BCUT2D eigenvalue weighted by Gasteiger charge is -2.55. The topological polar surface area (TPSA) is 83.1 Å². The lowest BCUT2D eigenvalue weighted by atomic mass is 9.54. The van der Waals surface area contributed by atoms with Crippen LogP contribution in [0.3, 0.4) is 0 Å². The molecule has 36 heavy (non-hydrogen) atoms. The number of benzene rings is 1. The molecule has 3 aliphatic heterocycles. The van der Waals surface area contributed by atoms with Crippen molar-refractivity contribution in [2.24, 2.45) is 5.92 Å². The fourth-order valence-corrected chi connectivity index (χ4v) is 7.35. The summed E-state index contributed by atoms with van der Waals surface area (Å²) in [5.74, 6) is 1.53. The molecule has 194 valence electrons. The molecule has 8 heteroatoms. The molecule has 1 aromatic rings. The zero-order chi connectivity index (χ0) is 25.1. The summed E-state index contributed by atoms with van der Waals surface area (Å²) in [5, 5.41) is 4.87. The normalized spacial score (nSPS) is 30.8. The minimum Gasteiger partial charge on any atom is -0.485 e. The highest BCUT2D eigenvalue weighted by molar-refractivity contribution is 5.79. The van der Waals surface area contributed by atoms with Gasteiger partial charge >= 0.3 is 6.09 Å². The van der Waals surface area contributed by atoms with Gasteiger partial charge in [0.15, 0.2) is 11.5 Å². The Kier molecular flexibility index (Phi) is 5.80. The first-order valence-electron chi connectivity index (χ1n) is 13.5. The molecule has 0 radical (unpaired) electrons. The molecule has 2 saturated heterocycles. The van der Waals surface area contributed by atoms with E-state index < -0.39 is 11.6 Å². The summed E-state index contributed by atoms with van der Waals surface area (Å²) in [6.45, 7) is 6.48. The molecule has 5 aliphatic rings. The van der Waals surface area contributed by atoms with Crippen LogP contribution in [0, 0.1) is 5.92 Å². The van der Waals surface area contributed by atoms with Crippen LogP contribution in [-0.4, -0.2) is 66.3 Å². The number of hydrazine groups is 1. The van der Waals surface area contributed by atoms with Gasteiger partial charge in [0.1, 0.15) is 6.10 Å². The number of carbonyl (C=O) groups is 2. The van der Waals surface area contributed by atoms with Gasteiger partial charge in [-0.3, -0.25) is 10.2 Å². The van der Waals surface area contributed by atoms with Gasteiger partial charge in [0.05, 0.1) is 6.42 Å². The standard InChI is InChI=1S/C28H38N4O4/c1-27(2,17-23(33)30-32-13-5-4-6-14-32)29-26(34)35-21-11-10-18-16-20-19-8-7-9-22-28(19,12-15-31(20)3)24(18)25(21)36-22/h7-8,10-11,19-20,22H,4-6,9,12-17H2,1-3H3,(H,29,34)(H,30,33)/t19?,20?,22-,28+/m0/s1. The highest BCUT2D eigenvalue weighted by atomic mass is 16.6. The molecular weight excluding hydrogens is 456 g/mol. The number of hydrogen-bond donors (Lipinski definition) is 2. The van der Waals surface area contributed by atoms with Crippen molar-refractivity contribution in [3.05, 3.63) is 35.4 Å². The zero-order valence-corrected chi connectivity index (χ0v) is 21.6. The van der Waals surface area contributed by atoms with Gasteiger partial charge in [0.2, 0.25) is 5.91 Å². The molecule has 2 bridgehead atoms. The van der Waals surface area contributed by atoms with E-state index >= 15 is 0 Å². The monoisotopic (exact) mass is 494 g/mol. The molecule has 4 atom stereocenters. The van der Waals surface area contributed by atoms with E-state index in [2.05, 4.69) is 40.9 Å². The first kappa shape index (κ1) is 23.8. The average molecular weight is 495 g/mol. The van der Waals surface area contributed by atoms with Gasteiger partial charge in [0.25, 0.3) is 0 Å². The van der Waals surface area contributed by atoms with Gasteiger partial charge in [-0.2, -0.15) is 0 Å². The molecular formula is C28H38N4O4. The van der Waals surface area contributed by atoms with Crippen molar-refractivity contribution in [2.45, 2.75) is 81.9 Å². The van der Waals surface area contributed by atoms with E-state index in [0.717, 1.165) is 57.5 Å². The molecule has 0 aromatic heterocycles. The van der Waals surface area contributed by atoms with Crippen LogP contribution in [0.4, 0.5) is 4.79 Å². The third kappa shape index (κ3) is 3.89. The van der Waals surface area contributed by atoms with E-state index in [9.17, 15) is 9.59 Å². The summed E-state index contributed by atoms with van der Waals surface area (Å²) in [5.41, 5.74) is 4.77. The number of nitrogens with one attached hydrogen (secondary N) is 2. The molecule has 2 unspecified atom stereocenters. The molecule has 1 spiro atoms. The second kappa shape index (κ2) is 8.77. The van der Waals surface area contributed by atoms with Crippen LogP contribution in [0.15, 0.2) is 24.3 Å². The Morgan fingerprint density at radius 1 is 1.19 bits per heavy atom. The van der Waals surface area contributed by atoms with Gasteiger partial charge < -0.3 is 19.7 Å². The van der Waals surface area contributed by atoms with E-state index in [1.807, 2.05) is 24.9 Å². The van der Waals surface area contributed by atoms with Crippen LogP contribution in [0.5, 0.6) is 11.5 Å². The largest absolute Gasteiger partial charge is 0.485 e. The fraction of sp³-hybridized carbons (Fsp3) is 0.643. The Labute approximate surface area is 213 Å². The van der Waals surface area contributed by atoms with E-state index in [1.54, 1.807) is 0 Å². The Hall–Kier alpha value is -2.58. The SMILES string of the molecule is CN1CC[C@]23c4c5ccc(OC(=O)NC(C)(C)CC(=O)NN6CCCCC6)c4O[C@H]2CC=CC3C1C5. The summed E-state index contributed by atoms with van der Waals surface area (Å²) < 4.78 is 12.4. The van der Waals surface area contributed by atoms with Crippen molar-refractivity contribution in [1.82, 2.24) is 20.7 Å². The van der Waals surface area contributed by atoms with E-state index in [-0.39, 0.29) is 23.8 Å². The summed E-state index contributed by atoms with van der Waals surface area (Å²) >= 11 is 0. The first-order valence-corrected chi connectivity index (χ1v) is 13.5. The van der Waals surface area contributed by atoms with Crippen molar-refractivity contribution >= 4 is 12.0 Å². The first-order chi connectivity index (χ1) is 17.3. The lowest BCUT2D eigenvalue weighted by molar-refractivity contribution is -0.127. The van der Waals surface area contributed by atoms with Crippen molar-refractivity contribution in [2.75, 3.05) is 26.7 Å². The number of piperidine rings is 2. The van der Waals surface area contributed by atoms with Crippen LogP contribution in [0.25, 0.3) is 0 Å². The third-order valence-electron chi connectivity index (χ3n) is 8.97. The second-order valence-electron chi connectivity index (χ2n) is 11.9. The van der Waals surface area contributed by atoms with Gasteiger partial charge in [-0.05, 0) is 64.8 Å². The number of rotatable bonds is 5. The van der Waals surface area contributed by atoms with Crippen LogP contribution < -0.4 is 20.2 Å². The van der Waals surface area contributed by atoms with Crippen LogP contribution in [0.2, 0.25) is 0 Å². The van der Waals surface area contributed by atoms with Gasteiger partial charge in [0, 0.05) is 48.0 Å². The quantitative estimate of drug-likeness (QED) is 0.612. The van der Waals surface area contributed by atoms with Gasteiger partial charge in [-0.1, -0.05) is 24.6 Å².